The number of aromatic nitrogens is 2. The van der Waals surface area contributed by atoms with Crippen LogP contribution in [0.25, 0.3) is 20.7 Å². The van der Waals surface area contributed by atoms with Gasteiger partial charge in [-0.3, -0.25) is 0 Å². The summed E-state index contributed by atoms with van der Waals surface area (Å²) in [5.74, 6) is 1.16. The molecule has 0 bridgehead atoms. The minimum atomic E-state index is -0.306. The number of nitrogens with zero attached hydrogens (tertiary/aromatic N) is 3. The van der Waals surface area contributed by atoms with Crippen molar-refractivity contribution in [2.75, 3.05) is 31.6 Å². The van der Waals surface area contributed by atoms with Gasteiger partial charge in [-0.1, -0.05) is 44.2 Å². The molecule has 0 fully saturated rings. The van der Waals surface area contributed by atoms with Crippen LogP contribution in [0.5, 0.6) is 0 Å². The normalized spacial score (nSPS) is 11.2. The van der Waals surface area contributed by atoms with E-state index in [0.717, 1.165) is 51.8 Å². The van der Waals surface area contributed by atoms with Gasteiger partial charge in [0.05, 0.1) is 10.9 Å². The summed E-state index contributed by atoms with van der Waals surface area (Å²) >= 11 is 1.65. The topological polar surface area (TPSA) is 67.3 Å². The molecule has 0 amide bonds. The van der Waals surface area contributed by atoms with E-state index in [9.17, 15) is 4.79 Å². The number of thiophene rings is 1. The quantitative estimate of drug-likeness (QED) is 0.313. The molecule has 0 unspecified atom stereocenters. The van der Waals surface area contributed by atoms with Crippen LogP contribution in [-0.2, 0) is 4.74 Å². The molecule has 6 nitrogen and oxygen atoms in total. The number of likely N-dealkylation sites (N-methyl/N-ethyl adjacent to an activating group) is 1. The molecule has 0 saturated carbocycles. The number of benzene rings is 2. The average Bonchev–Trinajstić information content (AvgIpc) is 3.27. The summed E-state index contributed by atoms with van der Waals surface area (Å²) in [6.07, 6.45) is 0. The lowest BCUT2D eigenvalue weighted by Gasteiger charge is -2.17. The second-order valence-electron chi connectivity index (χ2n) is 7.68. The second-order valence-corrected chi connectivity index (χ2v) is 8.71. The summed E-state index contributed by atoms with van der Waals surface area (Å²) < 4.78 is 5.42. The SMILES string of the molecule is CCN(CC)CCOC(=O)c1ccc(Nc2nc(C)nc3sc(-c4ccccc4)cc23)cc1. The van der Waals surface area contributed by atoms with Crippen molar-refractivity contribution in [1.29, 1.82) is 0 Å². The summed E-state index contributed by atoms with van der Waals surface area (Å²) in [4.78, 5) is 25.9. The van der Waals surface area contributed by atoms with Gasteiger partial charge in [0.15, 0.2) is 0 Å². The molecule has 170 valence electrons. The fourth-order valence-electron chi connectivity index (χ4n) is 3.59. The molecule has 0 aliphatic heterocycles. The Balaban J connectivity index is 1.48. The molecule has 2 aromatic heterocycles. The van der Waals surface area contributed by atoms with Crippen molar-refractivity contribution in [3.05, 3.63) is 72.1 Å². The smallest absolute Gasteiger partial charge is 0.338 e. The molecule has 4 aromatic rings. The van der Waals surface area contributed by atoms with Crippen LogP contribution in [0.4, 0.5) is 11.5 Å². The molecule has 2 aromatic carbocycles. The molecule has 0 aliphatic carbocycles. The number of ether oxygens (including phenoxy) is 1. The van der Waals surface area contributed by atoms with Crippen molar-refractivity contribution in [1.82, 2.24) is 14.9 Å². The molecule has 2 heterocycles. The van der Waals surface area contributed by atoms with Gasteiger partial charge in [-0.25, -0.2) is 14.8 Å². The zero-order valence-electron chi connectivity index (χ0n) is 19.2. The van der Waals surface area contributed by atoms with Gasteiger partial charge < -0.3 is 15.0 Å². The highest BCUT2D eigenvalue weighted by molar-refractivity contribution is 7.21. The maximum Gasteiger partial charge on any atom is 0.338 e. The van der Waals surface area contributed by atoms with Crippen molar-refractivity contribution in [3.63, 3.8) is 0 Å². The maximum atomic E-state index is 12.3. The van der Waals surface area contributed by atoms with E-state index in [-0.39, 0.29) is 5.97 Å². The zero-order valence-corrected chi connectivity index (χ0v) is 20.0. The van der Waals surface area contributed by atoms with Crippen LogP contribution in [-0.4, -0.2) is 47.1 Å². The zero-order chi connectivity index (χ0) is 23.2. The number of aryl methyl sites for hydroxylation is 1. The van der Waals surface area contributed by atoms with Gasteiger partial charge in [-0.15, -0.1) is 11.3 Å². The lowest BCUT2D eigenvalue weighted by molar-refractivity contribution is 0.0466. The number of hydrogen-bond donors (Lipinski definition) is 1. The van der Waals surface area contributed by atoms with Crippen LogP contribution >= 0.6 is 11.3 Å². The largest absolute Gasteiger partial charge is 0.461 e. The minimum Gasteiger partial charge on any atom is -0.461 e. The molecule has 7 heteroatoms. The molecular weight excluding hydrogens is 432 g/mol. The van der Waals surface area contributed by atoms with Gasteiger partial charge >= 0.3 is 5.97 Å². The van der Waals surface area contributed by atoms with Crippen molar-refractivity contribution in [3.8, 4) is 10.4 Å². The van der Waals surface area contributed by atoms with E-state index in [1.54, 1.807) is 23.5 Å². The number of anilines is 2. The Bertz CT molecular complexity index is 1220. The van der Waals surface area contributed by atoms with Crippen molar-refractivity contribution >= 4 is 39.0 Å². The summed E-state index contributed by atoms with van der Waals surface area (Å²) in [5.41, 5.74) is 2.54. The monoisotopic (exact) mass is 460 g/mol. The highest BCUT2D eigenvalue weighted by Gasteiger charge is 2.13. The third kappa shape index (κ3) is 5.56. The standard InChI is InChI=1S/C26H28N4O2S/c1-4-30(5-2)15-16-32-26(31)20-11-13-21(14-12-20)29-24-22-17-23(19-9-7-6-8-10-19)33-25(22)28-18(3)27-24/h6-14,17H,4-5,15-16H2,1-3H3,(H,27,28,29). The van der Waals surface area contributed by atoms with Crippen LogP contribution in [0.15, 0.2) is 60.7 Å². The fraction of sp³-hybridized carbons (Fsp3) is 0.269. The van der Waals surface area contributed by atoms with Gasteiger partial charge in [-0.05, 0) is 55.9 Å². The van der Waals surface area contributed by atoms with E-state index >= 15 is 0 Å². The lowest BCUT2D eigenvalue weighted by atomic mass is 10.2. The van der Waals surface area contributed by atoms with Gasteiger partial charge in [0.2, 0.25) is 0 Å². The van der Waals surface area contributed by atoms with E-state index in [0.29, 0.717) is 18.0 Å². The summed E-state index contributed by atoms with van der Waals surface area (Å²) in [5, 5.41) is 4.37. The molecule has 1 N–H and O–H groups in total. The highest BCUT2D eigenvalue weighted by atomic mass is 32.1. The van der Waals surface area contributed by atoms with Crippen LogP contribution in [0, 0.1) is 6.92 Å². The summed E-state index contributed by atoms with van der Waals surface area (Å²) in [7, 11) is 0. The number of carbonyl (C=O) groups is 1. The van der Waals surface area contributed by atoms with E-state index in [1.807, 2.05) is 37.3 Å². The van der Waals surface area contributed by atoms with Gasteiger partial charge in [0, 0.05) is 17.1 Å². The summed E-state index contributed by atoms with van der Waals surface area (Å²) in [6.45, 7) is 9.12. The van der Waals surface area contributed by atoms with Crippen molar-refractivity contribution in [2.45, 2.75) is 20.8 Å². The van der Waals surface area contributed by atoms with Crippen LogP contribution in [0.2, 0.25) is 0 Å². The Labute approximate surface area is 198 Å². The first-order valence-corrected chi connectivity index (χ1v) is 12.0. The van der Waals surface area contributed by atoms with Gasteiger partial charge in [0.25, 0.3) is 0 Å². The molecule has 0 atom stereocenters. The molecule has 0 saturated heterocycles. The predicted molar refractivity (Wildman–Crippen MR) is 135 cm³/mol. The first-order valence-electron chi connectivity index (χ1n) is 11.2. The Hall–Kier alpha value is -3.29. The Morgan fingerprint density at radius 2 is 1.76 bits per heavy atom. The van der Waals surface area contributed by atoms with Crippen LogP contribution < -0.4 is 5.32 Å². The third-order valence-corrected chi connectivity index (χ3v) is 6.56. The predicted octanol–water partition coefficient (Wildman–Crippen LogP) is 5.91. The van der Waals surface area contributed by atoms with Gasteiger partial charge in [0.1, 0.15) is 23.1 Å². The molecule has 33 heavy (non-hydrogen) atoms. The number of nitrogens with one attached hydrogen (secondary N) is 1. The molecular formula is C26H28N4O2S. The lowest BCUT2D eigenvalue weighted by Crippen LogP contribution is -2.27. The number of rotatable bonds is 9. The molecule has 0 radical (unpaired) electrons. The fourth-order valence-corrected chi connectivity index (χ4v) is 4.67. The van der Waals surface area contributed by atoms with Crippen LogP contribution in [0.1, 0.15) is 30.0 Å². The van der Waals surface area contributed by atoms with Crippen molar-refractivity contribution in [2.24, 2.45) is 0 Å². The minimum absolute atomic E-state index is 0.306. The van der Waals surface area contributed by atoms with E-state index in [1.165, 1.54) is 0 Å². The molecule has 4 rings (SSSR count). The van der Waals surface area contributed by atoms with E-state index in [4.69, 9.17) is 4.74 Å². The Morgan fingerprint density at radius 1 is 1.03 bits per heavy atom. The number of hydrogen-bond acceptors (Lipinski definition) is 7. The molecule has 0 aliphatic rings. The third-order valence-electron chi connectivity index (χ3n) is 5.48. The average molecular weight is 461 g/mol. The number of esters is 1. The van der Waals surface area contributed by atoms with E-state index in [2.05, 4.69) is 52.2 Å². The van der Waals surface area contributed by atoms with E-state index < -0.39 is 0 Å². The Morgan fingerprint density at radius 3 is 2.45 bits per heavy atom. The first-order chi connectivity index (χ1) is 16.1. The molecule has 0 spiro atoms. The van der Waals surface area contributed by atoms with Crippen molar-refractivity contribution < 1.29 is 9.53 Å². The first kappa shape index (κ1) is 22.9. The Kier molecular flexibility index (Phi) is 7.32. The number of carbonyl (C=O) groups excluding carboxylic acids is 1. The van der Waals surface area contributed by atoms with Crippen LogP contribution in [0.3, 0.4) is 0 Å². The number of fused-ring (bicyclic) bond motifs is 1. The second kappa shape index (κ2) is 10.6. The summed E-state index contributed by atoms with van der Waals surface area (Å²) in [6, 6.07) is 19.7. The van der Waals surface area contributed by atoms with Gasteiger partial charge in [-0.2, -0.15) is 0 Å². The highest BCUT2D eigenvalue weighted by Crippen LogP contribution is 2.36. The maximum absolute atomic E-state index is 12.3.